The molecule has 1 heterocycles. The van der Waals surface area contributed by atoms with Crippen LogP contribution in [0.4, 0.5) is 0 Å². The van der Waals surface area contributed by atoms with Gasteiger partial charge in [-0.25, -0.2) is 0 Å². The zero-order valence-electron chi connectivity index (χ0n) is 11.5. The van der Waals surface area contributed by atoms with Crippen LogP contribution in [-0.2, 0) is 6.42 Å². The van der Waals surface area contributed by atoms with E-state index in [1.807, 2.05) is 0 Å². The van der Waals surface area contributed by atoms with Gasteiger partial charge in [-0.2, -0.15) is 0 Å². The van der Waals surface area contributed by atoms with Gasteiger partial charge in [0.05, 0.1) is 0 Å². The van der Waals surface area contributed by atoms with Crippen molar-refractivity contribution in [2.45, 2.75) is 51.2 Å². The molecule has 1 N–H and O–H groups in total. The molecule has 18 heavy (non-hydrogen) atoms. The third kappa shape index (κ3) is 2.32. The zero-order chi connectivity index (χ0) is 12.5. The average molecular weight is 244 g/mol. The van der Waals surface area contributed by atoms with Gasteiger partial charge in [-0.15, -0.1) is 0 Å². The van der Waals surface area contributed by atoms with E-state index in [4.69, 9.17) is 0 Å². The number of hydrogen-bond acceptors (Lipinski definition) is 2. The van der Waals surface area contributed by atoms with E-state index in [0.29, 0.717) is 18.1 Å². The molecule has 2 aliphatic rings. The van der Waals surface area contributed by atoms with E-state index in [-0.39, 0.29) is 0 Å². The minimum absolute atomic E-state index is 0.596. The highest BCUT2D eigenvalue weighted by molar-refractivity contribution is 5.34. The molecule has 2 heteroatoms. The summed E-state index contributed by atoms with van der Waals surface area (Å²) in [6.07, 6.45) is 3.82. The number of nitrogens with zero attached hydrogens (tertiary/aromatic N) is 1. The fraction of sp³-hybridized carbons (Fsp3) is 0.625. The van der Waals surface area contributed by atoms with Crippen molar-refractivity contribution < 1.29 is 0 Å². The Kier molecular flexibility index (Phi) is 3.40. The van der Waals surface area contributed by atoms with Gasteiger partial charge in [0.25, 0.3) is 0 Å². The van der Waals surface area contributed by atoms with Crippen LogP contribution in [0.3, 0.4) is 0 Å². The molecule has 2 nitrogen and oxygen atoms in total. The lowest BCUT2D eigenvalue weighted by Gasteiger charge is -2.23. The van der Waals surface area contributed by atoms with Gasteiger partial charge in [0, 0.05) is 24.7 Å². The molecule has 2 unspecified atom stereocenters. The van der Waals surface area contributed by atoms with Crippen molar-refractivity contribution in [2.75, 3.05) is 13.1 Å². The molecule has 0 aromatic heterocycles. The number of nitrogens with one attached hydrogen (secondary N) is 1. The summed E-state index contributed by atoms with van der Waals surface area (Å²) in [6.45, 7) is 7.07. The van der Waals surface area contributed by atoms with Gasteiger partial charge in [0.2, 0.25) is 0 Å². The lowest BCUT2D eigenvalue weighted by Crippen LogP contribution is -2.36. The minimum Gasteiger partial charge on any atom is -0.306 e. The number of hydrogen-bond donors (Lipinski definition) is 1. The molecule has 0 amide bonds. The van der Waals surface area contributed by atoms with Crippen molar-refractivity contribution in [1.29, 1.82) is 0 Å². The number of rotatable bonds is 3. The van der Waals surface area contributed by atoms with Crippen LogP contribution in [0.2, 0.25) is 0 Å². The Labute approximate surface area is 110 Å². The van der Waals surface area contributed by atoms with E-state index in [1.54, 1.807) is 11.1 Å². The monoisotopic (exact) mass is 244 g/mol. The highest BCUT2D eigenvalue weighted by Crippen LogP contribution is 2.31. The van der Waals surface area contributed by atoms with Gasteiger partial charge in [-0.3, -0.25) is 4.90 Å². The molecule has 1 fully saturated rings. The van der Waals surface area contributed by atoms with Gasteiger partial charge >= 0.3 is 0 Å². The third-order valence-electron chi connectivity index (χ3n) is 4.52. The molecule has 1 aliphatic carbocycles. The Morgan fingerprint density at radius 3 is 2.83 bits per heavy atom. The average Bonchev–Trinajstić information content (AvgIpc) is 2.98. The van der Waals surface area contributed by atoms with Crippen LogP contribution in [0.25, 0.3) is 0 Å². The van der Waals surface area contributed by atoms with E-state index in [0.717, 1.165) is 0 Å². The third-order valence-corrected chi connectivity index (χ3v) is 4.52. The summed E-state index contributed by atoms with van der Waals surface area (Å²) in [5, 5.41) is 3.88. The van der Waals surface area contributed by atoms with Crippen LogP contribution in [0.1, 0.15) is 43.9 Å². The lowest BCUT2D eigenvalue weighted by molar-refractivity contribution is 0.265. The van der Waals surface area contributed by atoms with Gasteiger partial charge in [-0.05, 0) is 50.8 Å². The SMILES string of the molecule is CC(C)N1CCC(NC2CCc3ccccc32)C1. The molecule has 1 saturated heterocycles. The Morgan fingerprint density at radius 1 is 1.22 bits per heavy atom. The van der Waals surface area contributed by atoms with Gasteiger partial charge < -0.3 is 5.32 Å². The first-order valence-electron chi connectivity index (χ1n) is 7.32. The standard InChI is InChI=1S/C16H24N2/c1-12(2)18-10-9-14(11-18)17-16-8-7-13-5-3-4-6-15(13)16/h3-6,12,14,16-17H,7-11H2,1-2H3. The molecule has 2 atom stereocenters. The molecule has 0 radical (unpaired) electrons. The maximum absolute atomic E-state index is 3.88. The van der Waals surface area contributed by atoms with Crippen molar-refractivity contribution in [3.63, 3.8) is 0 Å². The van der Waals surface area contributed by atoms with Crippen molar-refractivity contribution in [3.8, 4) is 0 Å². The van der Waals surface area contributed by atoms with Crippen LogP contribution in [-0.4, -0.2) is 30.1 Å². The summed E-state index contributed by atoms with van der Waals surface area (Å²) in [6, 6.07) is 10.9. The summed E-state index contributed by atoms with van der Waals surface area (Å²) in [5.41, 5.74) is 3.09. The molecule has 3 rings (SSSR count). The van der Waals surface area contributed by atoms with Crippen LogP contribution >= 0.6 is 0 Å². The summed E-state index contributed by atoms with van der Waals surface area (Å²) in [7, 11) is 0. The first-order valence-corrected chi connectivity index (χ1v) is 7.32. The number of benzene rings is 1. The van der Waals surface area contributed by atoms with E-state index >= 15 is 0 Å². The minimum atomic E-state index is 0.596. The van der Waals surface area contributed by atoms with E-state index in [1.165, 1.54) is 32.4 Å². The Morgan fingerprint density at radius 2 is 2.06 bits per heavy atom. The molecule has 1 aromatic rings. The maximum Gasteiger partial charge on any atom is 0.0329 e. The number of aryl methyl sites for hydroxylation is 1. The first kappa shape index (κ1) is 12.2. The zero-order valence-corrected chi connectivity index (χ0v) is 11.5. The van der Waals surface area contributed by atoms with Crippen molar-refractivity contribution in [2.24, 2.45) is 0 Å². The quantitative estimate of drug-likeness (QED) is 0.879. The summed E-state index contributed by atoms with van der Waals surface area (Å²) in [5.74, 6) is 0. The van der Waals surface area contributed by atoms with Crippen molar-refractivity contribution >= 4 is 0 Å². The van der Waals surface area contributed by atoms with Crippen LogP contribution in [0.15, 0.2) is 24.3 Å². The molecule has 1 aliphatic heterocycles. The summed E-state index contributed by atoms with van der Waals surface area (Å²) >= 11 is 0. The van der Waals surface area contributed by atoms with E-state index in [9.17, 15) is 0 Å². The fourth-order valence-corrected chi connectivity index (χ4v) is 3.41. The number of fused-ring (bicyclic) bond motifs is 1. The molecule has 0 bridgehead atoms. The molecule has 0 saturated carbocycles. The van der Waals surface area contributed by atoms with Crippen molar-refractivity contribution in [1.82, 2.24) is 10.2 Å². The molecule has 98 valence electrons. The van der Waals surface area contributed by atoms with Crippen LogP contribution in [0.5, 0.6) is 0 Å². The Bertz CT molecular complexity index is 413. The smallest absolute Gasteiger partial charge is 0.0329 e. The largest absolute Gasteiger partial charge is 0.306 e. The summed E-state index contributed by atoms with van der Waals surface area (Å²) < 4.78 is 0. The normalized spacial score (nSPS) is 27.9. The van der Waals surface area contributed by atoms with Crippen LogP contribution < -0.4 is 5.32 Å². The summed E-state index contributed by atoms with van der Waals surface area (Å²) in [4.78, 5) is 2.58. The van der Waals surface area contributed by atoms with E-state index < -0.39 is 0 Å². The van der Waals surface area contributed by atoms with Gasteiger partial charge in [-0.1, -0.05) is 24.3 Å². The fourth-order valence-electron chi connectivity index (χ4n) is 3.41. The predicted octanol–water partition coefficient (Wildman–Crippen LogP) is 2.75. The molecule has 0 spiro atoms. The Balaban J connectivity index is 1.62. The molecular weight excluding hydrogens is 220 g/mol. The van der Waals surface area contributed by atoms with Gasteiger partial charge in [0.15, 0.2) is 0 Å². The van der Waals surface area contributed by atoms with E-state index in [2.05, 4.69) is 48.3 Å². The second-order valence-corrected chi connectivity index (χ2v) is 6.03. The second-order valence-electron chi connectivity index (χ2n) is 6.03. The lowest BCUT2D eigenvalue weighted by atomic mass is 10.1. The van der Waals surface area contributed by atoms with Gasteiger partial charge in [0.1, 0.15) is 0 Å². The van der Waals surface area contributed by atoms with Crippen LogP contribution in [0, 0.1) is 0 Å². The number of likely N-dealkylation sites (tertiary alicyclic amines) is 1. The van der Waals surface area contributed by atoms with Crippen molar-refractivity contribution in [3.05, 3.63) is 35.4 Å². The first-order chi connectivity index (χ1) is 8.74. The maximum atomic E-state index is 3.88. The predicted molar refractivity (Wildman–Crippen MR) is 75.8 cm³/mol. The highest BCUT2D eigenvalue weighted by atomic mass is 15.2. The Hall–Kier alpha value is -0.860. The molecule has 1 aromatic carbocycles. The highest BCUT2D eigenvalue weighted by Gasteiger charge is 2.29. The topological polar surface area (TPSA) is 15.3 Å². The second kappa shape index (κ2) is 5.02. The molecular formula is C16H24N2.